The Kier molecular flexibility index (Phi) is 4.62. The predicted molar refractivity (Wildman–Crippen MR) is 79.5 cm³/mol. The predicted octanol–water partition coefficient (Wildman–Crippen LogP) is 3.21. The van der Waals surface area contributed by atoms with E-state index in [1.807, 2.05) is 6.07 Å². The zero-order valence-electron chi connectivity index (χ0n) is 11.1. The van der Waals surface area contributed by atoms with Gasteiger partial charge in [0.2, 0.25) is 0 Å². The molecule has 0 aliphatic rings. The molecule has 1 heterocycles. The number of anilines is 2. The largest absolute Gasteiger partial charge is 0.495 e. The molecule has 0 atom stereocenters. The highest BCUT2D eigenvalue weighted by Crippen LogP contribution is 2.33. The van der Waals surface area contributed by atoms with Gasteiger partial charge in [0.05, 0.1) is 31.5 Å². The van der Waals surface area contributed by atoms with Crippen LogP contribution in [0.2, 0.25) is 5.15 Å². The molecule has 0 amide bonds. The average molecular weight is 324 g/mol. The number of hydrogen-bond acceptors (Lipinski definition) is 7. The van der Waals surface area contributed by atoms with Crippen LogP contribution >= 0.6 is 22.9 Å². The number of rotatable bonds is 4. The number of nitrogens with one attached hydrogen (secondary N) is 1. The van der Waals surface area contributed by atoms with Crippen molar-refractivity contribution < 1.29 is 14.3 Å². The van der Waals surface area contributed by atoms with E-state index in [4.69, 9.17) is 21.6 Å². The Balaban J connectivity index is 2.31. The van der Waals surface area contributed by atoms with E-state index < -0.39 is 5.97 Å². The van der Waals surface area contributed by atoms with Gasteiger partial charge in [0.25, 0.3) is 0 Å². The Hall–Kier alpha value is -2.30. The van der Waals surface area contributed by atoms with Crippen LogP contribution < -0.4 is 10.1 Å². The third kappa shape index (κ3) is 3.24. The molecule has 0 spiro atoms. The first kappa shape index (κ1) is 15.1. The highest BCUT2D eigenvalue weighted by Gasteiger charge is 2.18. The van der Waals surface area contributed by atoms with Crippen LogP contribution in [0.4, 0.5) is 10.8 Å². The second-order valence-electron chi connectivity index (χ2n) is 3.78. The van der Waals surface area contributed by atoms with Crippen LogP contribution in [0.5, 0.6) is 5.75 Å². The van der Waals surface area contributed by atoms with Gasteiger partial charge in [-0.15, -0.1) is 0 Å². The van der Waals surface area contributed by atoms with Crippen molar-refractivity contribution in [2.75, 3.05) is 19.5 Å². The summed E-state index contributed by atoms with van der Waals surface area (Å²) in [5.74, 6) is -0.0580. The molecule has 0 bridgehead atoms. The summed E-state index contributed by atoms with van der Waals surface area (Å²) in [6.45, 7) is 0. The third-order valence-electron chi connectivity index (χ3n) is 2.53. The molecule has 0 aliphatic heterocycles. The van der Waals surface area contributed by atoms with Gasteiger partial charge >= 0.3 is 5.97 Å². The number of aromatic nitrogens is 1. The van der Waals surface area contributed by atoms with Crippen LogP contribution in [0.3, 0.4) is 0 Å². The molecular formula is C13H10ClN3O3S. The average Bonchev–Trinajstić information content (AvgIpc) is 2.87. The maximum absolute atomic E-state index is 11.5. The van der Waals surface area contributed by atoms with Gasteiger partial charge in [-0.3, -0.25) is 0 Å². The van der Waals surface area contributed by atoms with Crippen LogP contribution in [-0.4, -0.2) is 25.2 Å². The van der Waals surface area contributed by atoms with Crippen LogP contribution in [0.15, 0.2) is 18.2 Å². The first-order chi connectivity index (χ1) is 10.1. The van der Waals surface area contributed by atoms with Gasteiger partial charge in [0.15, 0.2) is 15.2 Å². The van der Waals surface area contributed by atoms with E-state index in [9.17, 15) is 4.79 Å². The van der Waals surface area contributed by atoms with Crippen LogP contribution in [0, 0.1) is 11.3 Å². The molecule has 0 fully saturated rings. The SMILES string of the molecule is COC(=O)c1sc(Nc2ccc(C#N)cc2OC)nc1Cl. The van der Waals surface area contributed by atoms with Crippen molar-refractivity contribution in [1.29, 1.82) is 5.26 Å². The number of ether oxygens (including phenoxy) is 2. The van der Waals surface area contributed by atoms with Crippen molar-refractivity contribution in [3.8, 4) is 11.8 Å². The molecule has 0 aliphatic carbocycles. The van der Waals surface area contributed by atoms with E-state index in [2.05, 4.69) is 15.0 Å². The number of benzene rings is 1. The molecule has 1 N–H and O–H groups in total. The normalized spacial score (nSPS) is 9.81. The van der Waals surface area contributed by atoms with Crippen molar-refractivity contribution in [3.63, 3.8) is 0 Å². The lowest BCUT2D eigenvalue weighted by atomic mass is 10.2. The number of nitriles is 1. The Bertz CT molecular complexity index is 724. The number of thiazole rings is 1. The lowest BCUT2D eigenvalue weighted by Crippen LogP contribution is -1.98. The van der Waals surface area contributed by atoms with E-state index in [1.165, 1.54) is 14.2 Å². The molecular weight excluding hydrogens is 314 g/mol. The molecule has 2 rings (SSSR count). The number of carbonyl (C=O) groups is 1. The summed E-state index contributed by atoms with van der Waals surface area (Å²) in [5.41, 5.74) is 1.09. The Labute approximate surface area is 129 Å². The van der Waals surface area contributed by atoms with Gasteiger partial charge in [-0.2, -0.15) is 5.26 Å². The summed E-state index contributed by atoms with van der Waals surface area (Å²) in [5, 5.41) is 12.3. The van der Waals surface area contributed by atoms with E-state index in [0.717, 1.165) is 11.3 Å². The quantitative estimate of drug-likeness (QED) is 0.870. The molecule has 6 nitrogen and oxygen atoms in total. The van der Waals surface area contributed by atoms with Crippen molar-refractivity contribution in [2.45, 2.75) is 0 Å². The van der Waals surface area contributed by atoms with Gasteiger partial charge in [0, 0.05) is 6.07 Å². The lowest BCUT2D eigenvalue weighted by molar-refractivity contribution is 0.0606. The zero-order valence-corrected chi connectivity index (χ0v) is 12.7. The van der Waals surface area contributed by atoms with Crippen LogP contribution in [0.25, 0.3) is 0 Å². The Morgan fingerprint density at radius 2 is 2.24 bits per heavy atom. The number of halogens is 1. The van der Waals surface area contributed by atoms with Crippen LogP contribution in [0.1, 0.15) is 15.2 Å². The second kappa shape index (κ2) is 6.43. The molecule has 1 aromatic heterocycles. The summed E-state index contributed by atoms with van der Waals surface area (Å²) >= 11 is 6.96. The minimum absolute atomic E-state index is 0.0713. The zero-order chi connectivity index (χ0) is 15.4. The summed E-state index contributed by atoms with van der Waals surface area (Å²) in [4.78, 5) is 15.7. The molecule has 8 heteroatoms. The lowest BCUT2D eigenvalue weighted by Gasteiger charge is -2.08. The Morgan fingerprint density at radius 3 is 2.86 bits per heavy atom. The standard InChI is InChI=1S/C13H10ClN3O3S/c1-19-9-5-7(6-15)3-4-8(9)16-13-17-11(14)10(21-13)12(18)20-2/h3-5H,1-2H3,(H,16,17). The molecule has 0 radical (unpaired) electrons. The maximum atomic E-state index is 11.5. The van der Waals surface area contributed by atoms with Crippen molar-refractivity contribution in [2.24, 2.45) is 0 Å². The summed E-state index contributed by atoms with van der Waals surface area (Å²) in [7, 11) is 2.77. The first-order valence-corrected chi connectivity index (χ1v) is 6.88. The van der Waals surface area contributed by atoms with Gasteiger partial charge in [-0.25, -0.2) is 9.78 Å². The highest BCUT2D eigenvalue weighted by molar-refractivity contribution is 7.18. The first-order valence-electron chi connectivity index (χ1n) is 5.68. The summed E-state index contributed by atoms with van der Waals surface area (Å²) < 4.78 is 9.82. The molecule has 2 aromatic rings. The highest BCUT2D eigenvalue weighted by atomic mass is 35.5. The van der Waals surface area contributed by atoms with Gasteiger partial charge in [-0.05, 0) is 12.1 Å². The minimum atomic E-state index is -0.544. The van der Waals surface area contributed by atoms with E-state index >= 15 is 0 Å². The number of carbonyl (C=O) groups excluding carboxylic acids is 1. The third-order valence-corrected chi connectivity index (χ3v) is 3.87. The fraction of sp³-hybridized carbons (Fsp3) is 0.154. The number of esters is 1. The molecule has 0 saturated heterocycles. The molecule has 108 valence electrons. The minimum Gasteiger partial charge on any atom is -0.495 e. The van der Waals surface area contributed by atoms with Crippen molar-refractivity contribution in [3.05, 3.63) is 33.8 Å². The molecule has 21 heavy (non-hydrogen) atoms. The smallest absolute Gasteiger partial charge is 0.351 e. The van der Waals surface area contributed by atoms with E-state index in [1.54, 1.807) is 18.2 Å². The maximum Gasteiger partial charge on any atom is 0.351 e. The fourth-order valence-electron chi connectivity index (χ4n) is 1.55. The number of methoxy groups -OCH3 is 2. The van der Waals surface area contributed by atoms with Crippen molar-refractivity contribution >= 4 is 39.7 Å². The van der Waals surface area contributed by atoms with Crippen LogP contribution in [-0.2, 0) is 4.74 Å². The summed E-state index contributed by atoms with van der Waals surface area (Å²) in [6, 6.07) is 6.95. The molecule has 0 saturated carbocycles. The second-order valence-corrected chi connectivity index (χ2v) is 5.14. The Morgan fingerprint density at radius 1 is 1.48 bits per heavy atom. The monoisotopic (exact) mass is 323 g/mol. The number of nitrogens with zero attached hydrogens (tertiary/aromatic N) is 2. The topological polar surface area (TPSA) is 84.2 Å². The van der Waals surface area contributed by atoms with E-state index in [-0.39, 0.29) is 10.0 Å². The molecule has 0 unspecified atom stereocenters. The molecule has 1 aromatic carbocycles. The van der Waals surface area contributed by atoms with E-state index in [0.29, 0.717) is 22.1 Å². The van der Waals surface area contributed by atoms with Gasteiger partial charge in [0.1, 0.15) is 5.75 Å². The van der Waals surface area contributed by atoms with Gasteiger partial charge < -0.3 is 14.8 Å². The summed E-state index contributed by atoms with van der Waals surface area (Å²) in [6.07, 6.45) is 0. The van der Waals surface area contributed by atoms with Crippen molar-refractivity contribution in [1.82, 2.24) is 4.98 Å². The number of hydrogen-bond donors (Lipinski definition) is 1. The van der Waals surface area contributed by atoms with Gasteiger partial charge in [-0.1, -0.05) is 22.9 Å². The fourth-order valence-corrected chi connectivity index (χ4v) is 2.67.